The lowest BCUT2D eigenvalue weighted by Crippen LogP contribution is -2.30. The van der Waals surface area contributed by atoms with Gasteiger partial charge in [0.25, 0.3) is 0 Å². The molecule has 2 aliphatic carbocycles. The highest BCUT2D eigenvalue weighted by Crippen LogP contribution is 2.33. The van der Waals surface area contributed by atoms with Gasteiger partial charge in [0.05, 0.1) is 52.6 Å². The number of para-hydroxylation sites is 2. The number of amides is 4. The average Bonchev–Trinajstić information content (AvgIpc) is 4.08. The molecule has 0 aliphatic heterocycles. The molecule has 2 saturated carbocycles. The Bertz CT molecular complexity index is 2590. The molecule has 2 aromatic carbocycles. The second kappa shape index (κ2) is 22.3. The standard InChI is InChI=1S/C20H24N4O5S3.C19H21ClN4O5S2/c1-30-19-15(11-21-32(2,28)29)23-20(31-19)24-18(27)17(26)22-14-10-6-5-9-13(14)16(25)12-7-3-4-8-12;1-31(28,29)21-10-14-16(20)30-19(23-14)24-18(27)17(26)22-13-9-5-4-8-12(13)15(25)11-6-2-3-7-11/h5-6,9-10,12,21H,3-4,7-8,11H2,1-2H3,(H,22,26)(H,23,24,27);4-5,8-9,11,21H,2-3,6-7,10H2,1H3,(H,22,26)(H,23,24,27). The minimum absolute atomic E-state index is 0.0219. The van der Waals surface area contributed by atoms with Crippen LogP contribution in [0.4, 0.5) is 21.6 Å². The van der Waals surface area contributed by atoms with Crippen molar-refractivity contribution in [1.82, 2.24) is 19.4 Å². The summed E-state index contributed by atoms with van der Waals surface area (Å²) in [6.45, 7) is -0.170. The second-order valence-electron chi connectivity index (χ2n) is 14.5. The van der Waals surface area contributed by atoms with E-state index >= 15 is 0 Å². The van der Waals surface area contributed by atoms with Gasteiger partial charge in [0.2, 0.25) is 20.0 Å². The van der Waals surface area contributed by atoms with E-state index in [4.69, 9.17) is 11.6 Å². The van der Waals surface area contributed by atoms with E-state index in [1.54, 1.807) is 54.8 Å². The minimum Gasteiger partial charge on any atom is -0.317 e. The van der Waals surface area contributed by atoms with Crippen molar-refractivity contribution in [2.75, 3.05) is 40.0 Å². The number of thiazole rings is 2. The first kappa shape index (κ1) is 49.4. The molecule has 24 heteroatoms. The molecule has 2 heterocycles. The molecule has 0 unspecified atom stereocenters. The largest absolute Gasteiger partial charge is 0.317 e. The first-order chi connectivity index (χ1) is 29.8. The Labute approximate surface area is 381 Å². The number of carbonyl (C=O) groups is 6. The Morgan fingerprint density at radius 2 is 1.00 bits per heavy atom. The lowest BCUT2D eigenvalue weighted by atomic mass is 9.95. The normalized spacial score (nSPS) is 14.3. The van der Waals surface area contributed by atoms with Crippen molar-refractivity contribution in [2.24, 2.45) is 11.8 Å². The summed E-state index contributed by atoms with van der Waals surface area (Å²) in [6.07, 6.45) is 11.2. The third kappa shape index (κ3) is 14.7. The molecule has 4 aromatic rings. The number of hydrogen-bond donors (Lipinski definition) is 6. The van der Waals surface area contributed by atoms with E-state index in [1.165, 1.54) is 11.8 Å². The van der Waals surface area contributed by atoms with E-state index < -0.39 is 43.7 Å². The maximum atomic E-state index is 12.8. The van der Waals surface area contributed by atoms with Gasteiger partial charge < -0.3 is 10.6 Å². The highest BCUT2D eigenvalue weighted by Gasteiger charge is 2.28. The molecule has 2 aliphatic rings. The molecule has 6 N–H and O–H groups in total. The van der Waals surface area contributed by atoms with Crippen LogP contribution in [0.3, 0.4) is 0 Å². The summed E-state index contributed by atoms with van der Waals surface area (Å²) in [7, 11) is -6.84. The molecule has 2 aromatic heterocycles. The third-order valence-corrected chi connectivity index (χ3v) is 14.4. The Balaban J connectivity index is 0.000000238. The van der Waals surface area contributed by atoms with Crippen LogP contribution in [0, 0.1) is 11.8 Å². The third-order valence-electron chi connectivity index (χ3n) is 9.69. The van der Waals surface area contributed by atoms with Gasteiger partial charge in [-0.1, -0.05) is 84.2 Å². The topological polar surface area (TPSA) is 269 Å². The lowest BCUT2D eigenvalue weighted by Gasteiger charge is -2.13. The average molecular weight is 982 g/mol. The molecule has 63 heavy (non-hydrogen) atoms. The first-order valence-electron chi connectivity index (χ1n) is 19.4. The van der Waals surface area contributed by atoms with E-state index in [9.17, 15) is 45.6 Å². The number of halogens is 1. The summed E-state index contributed by atoms with van der Waals surface area (Å²) < 4.78 is 50.5. The molecule has 4 amide bonds. The van der Waals surface area contributed by atoms with Crippen molar-refractivity contribution in [3.05, 3.63) is 75.4 Å². The van der Waals surface area contributed by atoms with Crippen LogP contribution in [-0.2, 0) is 52.3 Å². The van der Waals surface area contributed by atoms with Crippen molar-refractivity contribution in [2.45, 2.75) is 68.7 Å². The van der Waals surface area contributed by atoms with Crippen LogP contribution in [-0.4, -0.2) is 80.8 Å². The maximum Gasteiger partial charge on any atom is 0.315 e. The number of hydrogen-bond acceptors (Lipinski definition) is 15. The maximum absolute atomic E-state index is 12.8. The predicted octanol–water partition coefficient (Wildman–Crippen LogP) is 5.66. The first-order valence-corrected chi connectivity index (χ1v) is 26.4. The number of Topliss-reactive ketones (excluding diaryl/α,β-unsaturated/α-hetero) is 2. The summed E-state index contributed by atoms with van der Waals surface area (Å²) in [4.78, 5) is 83.4. The Morgan fingerprint density at radius 3 is 1.43 bits per heavy atom. The molecule has 0 spiro atoms. The van der Waals surface area contributed by atoms with E-state index in [2.05, 4.69) is 40.7 Å². The SMILES string of the molecule is CS(=O)(=O)NCc1nc(NC(=O)C(=O)Nc2ccccc2C(=O)C2CCCC2)sc1Cl.CSc1sc(NC(=O)C(=O)Nc2ccccc2C(=O)C2CCCC2)nc1CNS(C)(=O)=O. The number of anilines is 4. The van der Waals surface area contributed by atoms with Gasteiger partial charge in [-0.2, -0.15) is 0 Å². The van der Waals surface area contributed by atoms with Crippen molar-refractivity contribution in [1.29, 1.82) is 0 Å². The van der Waals surface area contributed by atoms with E-state index in [0.29, 0.717) is 26.7 Å². The van der Waals surface area contributed by atoms with Crippen LogP contribution in [0.1, 0.15) is 83.5 Å². The summed E-state index contributed by atoms with van der Waals surface area (Å²) in [6, 6.07) is 13.2. The molecular formula is C39H45ClN8O10S5. The minimum atomic E-state index is -3.44. The highest BCUT2D eigenvalue weighted by atomic mass is 35.5. The molecule has 0 atom stereocenters. The summed E-state index contributed by atoms with van der Waals surface area (Å²) in [5.41, 5.74) is 2.02. The van der Waals surface area contributed by atoms with E-state index in [0.717, 1.165) is 86.6 Å². The van der Waals surface area contributed by atoms with Gasteiger partial charge in [-0.3, -0.25) is 39.4 Å². The number of nitrogens with zero attached hydrogens (tertiary/aromatic N) is 2. The number of aromatic nitrogens is 2. The number of benzene rings is 2. The molecule has 0 bridgehead atoms. The van der Waals surface area contributed by atoms with Gasteiger partial charge in [-0.15, -0.1) is 11.8 Å². The van der Waals surface area contributed by atoms with Crippen molar-refractivity contribution in [3.63, 3.8) is 0 Å². The van der Waals surface area contributed by atoms with Crippen LogP contribution >= 0.6 is 46.0 Å². The van der Waals surface area contributed by atoms with Gasteiger partial charge in [0.15, 0.2) is 21.8 Å². The Morgan fingerprint density at radius 1 is 0.619 bits per heavy atom. The molecule has 0 radical (unpaired) electrons. The molecule has 2 fully saturated rings. The van der Waals surface area contributed by atoms with Crippen LogP contribution in [0.15, 0.2) is 52.7 Å². The van der Waals surface area contributed by atoms with Crippen LogP contribution in [0.25, 0.3) is 0 Å². The number of ketones is 2. The molecule has 6 rings (SSSR count). The fourth-order valence-corrected chi connectivity index (χ4v) is 10.1. The number of carbonyl (C=O) groups excluding carboxylic acids is 6. The fourth-order valence-electron chi connectivity index (χ4n) is 6.65. The Hall–Kier alpha value is -4.62. The quantitative estimate of drug-likeness (QED) is 0.0478. The van der Waals surface area contributed by atoms with Gasteiger partial charge in [0.1, 0.15) is 4.34 Å². The van der Waals surface area contributed by atoms with Gasteiger partial charge in [-0.25, -0.2) is 36.2 Å². The molecule has 0 saturated heterocycles. The molecular weight excluding hydrogens is 936 g/mol. The van der Waals surface area contributed by atoms with E-state index in [-0.39, 0.29) is 62.5 Å². The number of rotatable bonds is 15. The summed E-state index contributed by atoms with van der Waals surface area (Å²) in [5, 5.41) is 10.0. The van der Waals surface area contributed by atoms with Crippen molar-refractivity contribution >= 4 is 123 Å². The number of thioether (sulfide) groups is 1. The predicted molar refractivity (Wildman–Crippen MR) is 244 cm³/mol. The molecule has 18 nitrogen and oxygen atoms in total. The zero-order valence-corrected chi connectivity index (χ0v) is 39.1. The van der Waals surface area contributed by atoms with Crippen molar-refractivity contribution in [3.8, 4) is 0 Å². The summed E-state index contributed by atoms with van der Waals surface area (Å²) >= 11 is 9.40. The smallest absolute Gasteiger partial charge is 0.315 e. The monoisotopic (exact) mass is 980 g/mol. The van der Waals surface area contributed by atoms with Gasteiger partial charge in [-0.05, 0) is 56.2 Å². The molecule has 338 valence electrons. The van der Waals surface area contributed by atoms with Gasteiger partial charge >= 0.3 is 23.6 Å². The van der Waals surface area contributed by atoms with Crippen LogP contribution in [0.5, 0.6) is 0 Å². The van der Waals surface area contributed by atoms with Crippen molar-refractivity contribution < 1.29 is 45.6 Å². The van der Waals surface area contributed by atoms with Gasteiger partial charge in [0, 0.05) is 23.0 Å². The van der Waals surface area contributed by atoms with Crippen LogP contribution < -0.4 is 30.7 Å². The second-order valence-corrected chi connectivity index (χ2v) is 21.8. The van der Waals surface area contributed by atoms with Crippen LogP contribution in [0.2, 0.25) is 4.34 Å². The summed E-state index contributed by atoms with van der Waals surface area (Å²) in [5.74, 6) is -3.99. The van der Waals surface area contributed by atoms with E-state index in [1.807, 2.05) is 0 Å². The Kier molecular flexibility index (Phi) is 17.5. The highest BCUT2D eigenvalue weighted by molar-refractivity contribution is 8.00. The zero-order valence-electron chi connectivity index (χ0n) is 34.2. The number of sulfonamides is 2. The number of nitrogens with one attached hydrogen (secondary N) is 6. The lowest BCUT2D eigenvalue weighted by molar-refractivity contribution is -0.133. The fraction of sp³-hybridized carbons (Fsp3) is 0.385. The zero-order chi connectivity index (χ0) is 45.9.